The lowest BCUT2D eigenvalue weighted by molar-refractivity contribution is 0.394. The van der Waals surface area contributed by atoms with E-state index in [0.717, 1.165) is 16.9 Å². The maximum atomic E-state index is 9.06. The molecular formula is C13H22N2S. The molecule has 90 valence electrons. The predicted octanol–water partition coefficient (Wildman–Crippen LogP) is 2.94. The van der Waals surface area contributed by atoms with E-state index in [2.05, 4.69) is 18.3 Å². The fraction of sp³-hybridized carbons (Fsp3) is 0.923. The molecule has 0 aromatic carbocycles. The Kier molecular flexibility index (Phi) is 4.55. The van der Waals surface area contributed by atoms with Crippen LogP contribution >= 0.6 is 11.8 Å². The van der Waals surface area contributed by atoms with Crippen LogP contribution in [-0.2, 0) is 0 Å². The van der Waals surface area contributed by atoms with Crippen LogP contribution < -0.4 is 5.32 Å². The molecular weight excluding hydrogens is 216 g/mol. The highest BCUT2D eigenvalue weighted by Crippen LogP contribution is 2.32. The van der Waals surface area contributed by atoms with Gasteiger partial charge in [0.15, 0.2) is 0 Å². The number of thioether (sulfide) groups is 1. The van der Waals surface area contributed by atoms with Gasteiger partial charge in [-0.25, -0.2) is 0 Å². The average Bonchev–Trinajstić information content (AvgIpc) is 3.08. The number of hydrogen-bond donors (Lipinski definition) is 1. The molecule has 1 N–H and O–H groups in total. The second-order valence-electron chi connectivity index (χ2n) is 5.35. The molecule has 3 unspecified atom stereocenters. The van der Waals surface area contributed by atoms with Gasteiger partial charge in [-0.15, -0.1) is 0 Å². The lowest BCUT2D eigenvalue weighted by atomic mass is 9.91. The van der Waals surface area contributed by atoms with Crippen molar-refractivity contribution < 1.29 is 0 Å². The van der Waals surface area contributed by atoms with Crippen molar-refractivity contribution in [3.05, 3.63) is 0 Å². The first-order valence-corrected chi connectivity index (χ1v) is 7.60. The molecule has 2 nitrogen and oxygen atoms in total. The molecule has 0 aromatic heterocycles. The van der Waals surface area contributed by atoms with Gasteiger partial charge >= 0.3 is 0 Å². The first-order chi connectivity index (χ1) is 7.78. The van der Waals surface area contributed by atoms with Crippen LogP contribution in [0.15, 0.2) is 0 Å². The lowest BCUT2D eigenvalue weighted by Crippen LogP contribution is -2.32. The fourth-order valence-electron chi connectivity index (χ4n) is 2.42. The molecule has 0 amide bonds. The van der Waals surface area contributed by atoms with Crippen LogP contribution in [0.25, 0.3) is 0 Å². The predicted molar refractivity (Wildman–Crippen MR) is 69.4 cm³/mol. The minimum atomic E-state index is 0.0785. The quantitative estimate of drug-likeness (QED) is 0.800. The van der Waals surface area contributed by atoms with Crippen LogP contribution in [0.1, 0.15) is 45.4 Å². The molecule has 16 heavy (non-hydrogen) atoms. The van der Waals surface area contributed by atoms with Crippen molar-refractivity contribution in [2.75, 3.05) is 5.75 Å². The van der Waals surface area contributed by atoms with Gasteiger partial charge in [-0.3, -0.25) is 5.32 Å². The van der Waals surface area contributed by atoms with Crippen molar-refractivity contribution in [1.29, 1.82) is 5.26 Å². The zero-order chi connectivity index (χ0) is 11.4. The molecule has 2 aliphatic rings. The van der Waals surface area contributed by atoms with E-state index in [0.29, 0.717) is 6.04 Å². The van der Waals surface area contributed by atoms with Crippen molar-refractivity contribution >= 4 is 11.8 Å². The van der Waals surface area contributed by atoms with E-state index in [1.807, 2.05) is 11.8 Å². The molecule has 2 rings (SSSR count). The van der Waals surface area contributed by atoms with E-state index in [4.69, 9.17) is 5.26 Å². The van der Waals surface area contributed by atoms with E-state index in [1.54, 1.807) is 0 Å². The van der Waals surface area contributed by atoms with Crippen LogP contribution in [0, 0.1) is 17.2 Å². The summed E-state index contributed by atoms with van der Waals surface area (Å²) in [7, 11) is 0. The Morgan fingerprint density at radius 3 is 2.81 bits per heavy atom. The molecule has 2 aliphatic carbocycles. The van der Waals surface area contributed by atoms with Gasteiger partial charge in [0.1, 0.15) is 6.04 Å². The summed E-state index contributed by atoms with van der Waals surface area (Å²) in [6, 6.07) is 3.12. The molecule has 0 aromatic rings. The van der Waals surface area contributed by atoms with E-state index in [-0.39, 0.29) is 6.04 Å². The summed E-state index contributed by atoms with van der Waals surface area (Å²) in [5.41, 5.74) is 0. The van der Waals surface area contributed by atoms with E-state index in [9.17, 15) is 0 Å². The zero-order valence-corrected chi connectivity index (χ0v) is 10.9. The lowest BCUT2D eigenvalue weighted by Gasteiger charge is -2.26. The maximum absolute atomic E-state index is 9.06. The van der Waals surface area contributed by atoms with E-state index < -0.39 is 0 Å². The van der Waals surface area contributed by atoms with Gasteiger partial charge in [0.05, 0.1) is 6.07 Å². The average molecular weight is 238 g/mol. The topological polar surface area (TPSA) is 35.8 Å². The SMILES string of the molecule is CC1CCCC(SCC(C#N)NC2CC2)C1. The molecule has 0 saturated heterocycles. The number of nitriles is 1. The number of hydrogen-bond acceptors (Lipinski definition) is 3. The van der Waals surface area contributed by atoms with Crippen LogP contribution in [0.4, 0.5) is 0 Å². The molecule has 2 saturated carbocycles. The number of nitrogens with one attached hydrogen (secondary N) is 1. The van der Waals surface area contributed by atoms with Gasteiger partial charge in [-0.05, 0) is 31.6 Å². The largest absolute Gasteiger partial charge is 0.298 e. The highest BCUT2D eigenvalue weighted by Gasteiger charge is 2.26. The zero-order valence-electron chi connectivity index (χ0n) is 10.1. The summed E-state index contributed by atoms with van der Waals surface area (Å²) in [5, 5.41) is 13.3. The van der Waals surface area contributed by atoms with Crippen molar-refractivity contribution in [3.63, 3.8) is 0 Å². The monoisotopic (exact) mass is 238 g/mol. The van der Waals surface area contributed by atoms with Crippen molar-refractivity contribution in [2.45, 2.75) is 62.8 Å². The number of nitrogens with zero attached hydrogens (tertiary/aromatic N) is 1. The molecule has 3 heteroatoms. The summed E-state index contributed by atoms with van der Waals surface area (Å²) in [6.07, 6.45) is 8.03. The Morgan fingerprint density at radius 2 is 2.19 bits per heavy atom. The molecule has 0 aliphatic heterocycles. The molecule has 0 bridgehead atoms. The highest BCUT2D eigenvalue weighted by atomic mass is 32.2. The van der Waals surface area contributed by atoms with Gasteiger partial charge in [0.2, 0.25) is 0 Å². The Hall–Kier alpha value is -0.200. The van der Waals surface area contributed by atoms with Crippen LogP contribution in [0.3, 0.4) is 0 Å². The van der Waals surface area contributed by atoms with Gasteiger partial charge in [-0.2, -0.15) is 17.0 Å². The van der Waals surface area contributed by atoms with Crippen LogP contribution in [-0.4, -0.2) is 23.1 Å². The first-order valence-electron chi connectivity index (χ1n) is 6.55. The summed E-state index contributed by atoms with van der Waals surface area (Å²) in [4.78, 5) is 0. The fourth-order valence-corrected chi connectivity index (χ4v) is 3.85. The molecule has 2 fully saturated rings. The molecule has 0 spiro atoms. The summed E-state index contributed by atoms with van der Waals surface area (Å²) in [5.74, 6) is 1.87. The van der Waals surface area contributed by atoms with Crippen LogP contribution in [0.5, 0.6) is 0 Å². The summed E-state index contributed by atoms with van der Waals surface area (Å²) < 4.78 is 0. The third-order valence-corrected chi connectivity index (χ3v) is 4.98. The highest BCUT2D eigenvalue weighted by molar-refractivity contribution is 7.99. The molecule has 0 heterocycles. The van der Waals surface area contributed by atoms with Gasteiger partial charge in [0.25, 0.3) is 0 Å². The van der Waals surface area contributed by atoms with Crippen molar-refractivity contribution in [3.8, 4) is 6.07 Å². The molecule has 0 radical (unpaired) electrons. The molecule has 3 atom stereocenters. The van der Waals surface area contributed by atoms with Gasteiger partial charge in [-0.1, -0.05) is 19.8 Å². The Labute approximate surface area is 103 Å². The summed E-state index contributed by atoms with van der Waals surface area (Å²) in [6.45, 7) is 2.36. The number of rotatable bonds is 5. The third kappa shape index (κ3) is 3.99. The normalized spacial score (nSPS) is 32.0. The second kappa shape index (κ2) is 5.93. The maximum Gasteiger partial charge on any atom is 0.105 e. The summed E-state index contributed by atoms with van der Waals surface area (Å²) >= 11 is 2.02. The minimum Gasteiger partial charge on any atom is -0.298 e. The second-order valence-corrected chi connectivity index (χ2v) is 6.68. The van der Waals surface area contributed by atoms with Crippen LogP contribution in [0.2, 0.25) is 0 Å². The smallest absolute Gasteiger partial charge is 0.105 e. The Bertz CT molecular complexity index is 257. The van der Waals surface area contributed by atoms with Gasteiger partial charge < -0.3 is 0 Å². The standard InChI is InChI=1S/C13H22N2S/c1-10-3-2-4-13(7-10)16-9-12(8-14)15-11-5-6-11/h10-13,15H,2-7,9H2,1H3. The van der Waals surface area contributed by atoms with Crippen molar-refractivity contribution in [2.24, 2.45) is 5.92 Å². The minimum absolute atomic E-state index is 0.0785. The Balaban J connectivity index is 1.66. The first kappa shape index (κ1) is 12.3. The van der Waals surface area contributed by atoms with Crippen molar-refractivity contribution in [1.82, 2.24) is 5.32 Å². The van der Waals surface area contributed by atoms with Gasteiger partial charge in [0, 0.05) is 17.0 Å². The third-order valence-electron chi connectivity index (χ3n) is 3.56. The van der Waals surface area contributed by atoms with E-state index in [1.165, 1.54) is 38.5 Å². The Morgan fingerprint density at radius 1 is 1.38 bits per heavy atom. The van der Waals surface area contributed by atoms with E-state index >= 15 is 0 Å².